The van der Waals surface area contributed by atoms with Crippen LogP contribution in [0, 0.1) is 0 Å². The van der Waals surface area contributed by atoms with E-state index in [9.17, 15) is 14.5 Å². The molecule has 2 bridgehead atoms. The third-order valence-electron chi connectivity index (χ3n) is 5.32. The summed E-state index contributed by atoms with van der Waals surface area (Å²) in [6.45, 7) is 5.78. The van der Waals surface area contributed by atoms with Crippen LogP contribution < -0.4 is 4.72 Å². The Bertz CT molecular complexity index is 594. The monoisotopic (exact) mass is 350 g/mol. The number of nitrogens with zero attached hydrogens (tertiary/aromatic N) is 1. The molecule has 2 aliphatic heterocycles. The number of hydrogen-bond acceptors (Lipinski definition) is 3. The minimum Gasteiger partial charge on any atom is -0.598 e. The Morgan fingerprint density at radius 3 is 2.42 bits per heavy atom. The minimum atomic E-state index is -1.27. The van der Waals surface area contributed by atoms with Gasteiger partial charge in [0.15, 0.2) is 0 Å². The van der Waals surface area contributed by atoms with Gasteiger partial charge in [-0.3, -0.25) is 4.90 Å². The maximum absolute atomic E-state index is 12.8. The van der Waals surface area contributed by atoms with Gasteiger partial charge in [0.05, 0.1) is 5.54 Å². The molecule has 6 heteroatoms. The molecule has 2 heterocycles. The number of fused-ring (bicyclic) bond motifs is 2. The van der Waals surface area contributed by atoms with Crippen LogP contribution in [0.2, 0.25) is 0 Å². The molecule has 5 nitrogen and oxygen atoms in total. The van der Waals surface area contributed by atoms with Crippen LogP contribution >= 0.6 is 0 Å². The Labute approximate surface area is 146 Å². The average Bonchev–Trinajstić information content (AvgIpc) is 3.08. The van der Waals surface area contributed by atoms with Crippen molar-refractivity contribution in [1.29, 1.82) is 0 Å². The number of carboxylic acid groups (broad SMARTS) is 1. The van der Waals surface area contributed by atoms with E-state index >= 15 is 0 Å². The normalized spacial score (nSPS) is 28.8. The predicted molar refractivity (Wildman–Crippen MR) is 95.1 cm³/mol. The van der Waals surface area contributed by atoms with Crippen LogP contribution in [0.4, 0.5) is 4.79 Å². The fraction of sp³-hybridized carbons (Fsp3) is 0.611. The number of amides is 1. The second-order valence-corrected chi connectivity index (χ2v) is 9.83. The zero-order valence-electron chi connectivity index (χ0n) is 14.5. The lowest BCUT2D eigenvalue weighted by Crippen LogP contribution is -2.55. The van der Waals surface area contributed by atoms with Crippen molar-refractivity contribution >= 4 is 17.5 Å². The van der Waals surface area contributed by atoms with Crippen LogP contribution in [0.1, 0.15) is 58.1 Å². The first-order chi connectivity index (χ1) is 11.3. The molecule has 3 rings (SSSR count). The summed E-state index contributed by atoms with van der Waals surface area (Å²) in [4.78, 5) is 13.5. The van der Waals surface area contributed by atoms with Crippen LogP contribution in [0.5, 0.6) is 0 Å². The molecule has 1 unspecified atom stereocenters. The van der Waals surface area contributed by atoms with Gasteiger partial charge >= 0.3 is 6.09 Å². The van der Waals surface area contributed by atoms with E-state index in [0.717, 1.165) is 31.2 Å². The average molecular weight is 350 g/mol. The molecule has 2 aliphatic rings. The number of carbonyl (C=O) groups is 1. The van der Waals surface area contributed by atoms with Crippen LogP contribution in [0.15, 0.2) is 30.3 Å². The molecule has 132 valence electrons. The van der Waals surface area contributed by atoms with Gasteiger partial charge in [-0.2, -0.15) is 0 Å². The van der Waals surface area contributed by atoms with E-state index in [0.29, 0.717) is 0 Å². The lowest BCUT2D eigenvalue weighted by Gasteiger charge is -2.41. The first-order valence-electron chi connectivity index (χ1n) is 8.51. The number of hydrogen-bond donors (Lipinski definition) is 2. The van der Waals surface area contributed by atoms with E-state index in [4.69, 9.17) is 0 Å². The highest BCUT2D eigenvalue weighted by molar-refractivity contribution is 7.90. The van der Waals surface area contributed by atoms with Gasteiger partial charge in [0.1, 0.15) is 10.8 Å². The molecule has 1 aromatic rings. The second kappa shape index (κ2) is 6.24. The van der Waals surface area contributed by atoms with Gasteiger partial charge in [0.2, 0.25) is 0 Å². The van der Waals surface area contributed by atoms with E-state index in [-0.39, 0.29) is 12.1 Å². The zero-order chi connectivity index (χ0) is 17.5. The Hall–Kier alpha value is -1.24. The highest BCUT2D eigenvalue weighted by Gasteiger charge is 2.59. The number of rotatable bonds is 4. The Balaban J connectivity index is 2.00. The summed E-state index contributed by atoms with van der Waals surface area (Å²) in [6, 6.07) is 9.68. The molecular weight excluding hydrogens is 324 g/mol. The van der Waals surface area contributed by atoms with Crippen molar-refractivity contribution in [2.45, 2.75) is 68.8 Å². The van der Waals surface area contributed by atoms with Gasteiger partial charge in [0, 0.05) is 17.4 Å². The maximum Gasteiger partial charge on any atom is 0.408 e. The van der Waals surface area contributed by atoms with Crippen molar-refractivity contribution < 1.29 is 14.5 Å². The van der Waals surface area contributed by atoms with Crippen molar-refractivity contribution in [2.75, 3.05) is 0 Å². The smallest absolute Gasteiger partial charge is 0.408 e. The SMILES string of the molecule is CC(C)(C)[S+]([O-])N[C@@H](c1ccccc1)C12CCC(CC1)N2C(=O)O. The Morgan fingerprint density at radius 2 is 1.92 bits per heavy atom. The standard InChI is InChI=1S/C18H26N2O3S/c1-17(2,3)24(23)19-15(13-7-5-4-6-8-13)18-11-9-14(10-12-18)20(18)16(21)22/h4-8,14-15,19H,9-12H2,1-3H3,(H,21,22)/t14?,15-,18?,24?/m0/s1. The summed E-state index contributed by atoms with van der Waals surface area (Å²) in [5.41, 5.74) is 0.502. The summed E-state index contributed by atoms with van der Waals surface area (Å²) in [5, 5.41) is 9.77. The molecular formula is C18H26N2O3S. The molecule has 2 saturated heterocycles. The minimum absolute atomic E-state index is 0.0959. The molecule has 2 atom stereocenters. The molecule has 2 fully saturated rings. The highest BCUT2D eigenvalue weighted by atomic mass is 32.2. The maximum atomic E-state index is 12.8. The fourth-order valence-electron chi connectivity index (χ4n) is 4.16. The van der Waals surface area contributed by atoms with Gasteiger partial charge in [0.25, 0.3) is 0 Å². The molecule has 0 aliphatic carbocycles. The van der Waals surface area contributed by atoms with E-state index in [1.165, 1.54) is 0 Å². The van der Waals surface area contributed by atoms with Crippen molar-refractivity contribution in [2.24, 2.45) is 0 Å². The molecule has 2 N–H and O–H groups in total. The quantitative estimate of drug-likeness (QED) is 0.816. The van der Waals surface area contributed by atoms with E-state index in [1.54, 1.807) is 4.90 Å². The molecule has 0 spiro atoms. The fourth-order valence-corrected chi connectivity index (χ4v) is 5.08. The van der Waals surface area contributed by atoms with Crippen LogP contribution in [0.25, 0.3) is 0 Å². The van der Waals surface area contributed by atoms with Gasteiger partial charge in [-0.1, -0.05) is 30.3 Å². The van der Waals surface area contributed by atoms with Crippen LogP contribution in [-0.4, -0.2) is 37.0 Å². The molecule has 0 saturated carbocycles. The van der Waals surface area contributed by atoms with E-state index in [2.05, 4.69) is 4.72 Å². The third kappa shape index (κ3) is 2.91. The number of nitrogens with one attached hydrogen (secondary N) is 1. The topological polar surface area (TPSA) is 75.6 Å². The molecule has 1 aromatic carbocycles. The first-order valence-corrected chi connectivity index (χ1v) is 9.66. The highest BCUT2D eigenvalue weighted by Crippen LogP contribution is 2.53. The molecule has 0 aromatic heterocycles. The summed E-state index contributed by atoms with van der Waals surface area (Å²) in [5.74, 6) is 0. The lowest BCUT2D eigenvalue weighted by atomic mass is 9.79. The van der Waals surface area contributed by atoms with Crippen molar-refractivity contribution in [3.05, 3.63) is 35.9 Å². The van der Waals surface area contributed by atoms with E-state index in [1.807, 2.05) is 51.1 Å². The molecule has 24 heavy (non-hydrogen) atoms. The van der Waals surface area contributed by atoms with Crippen LogP contribution in [-0.2, 0) is 11.4 Å². The van der Waals surface area contributed by atoms with Gasteiger partial charge in [-0.25, -0.2) is 4.79 Å². The summed E-state index contributed by atoms with van der Waals surface area (Å²) < 4.78 is 15.7. The van der Waals surface area contributed by atoms with Crippen LogP contribution in [0.3, 0.4) is 0 Å². The Kier molecular flexibility index (Phi) is 4.57. The molecule has 1 amide bonds. The van der Waals surface area contributed by atoms with E-state index < -0.39 is 27.7 Å². The second-order valence-electron chi connectivity index (χ2n) is 7.83. The predicted octanol–water partition coefficient (Wildman–Crippen LogP) is 3.45. The largest absolute Gasteiger partial charge is 0.598 e. The van der Waals surface area contributed by atoms with Crippen molar-refractivity contribution in [1.82, 2.24) is 9.62 Å². The van der Waals surface area contributed by atoms with Crippen molar-refractivity contribution in [3.63, 3.8) is 0 Å². The third-order valence-corrected chi connectivity index (χ3v) is 6.89. The first kappa shape index (κ1) is 17.6. The Morgan fingerprint density at radius 1 is 1.33 bits per heavy atom. The number of benzene rings is 1. The van der Waals surface area contributed by atoms with Gasteiger partial charge < -0.3 is 9.66 Å². The molecule has 0 radical (unpaired) electrons. The van der Waals surface area contributed by atoms with Crippen molar-refractivity contribution in [3.8, 4) is 0 Å². The lowest BCUT2D eigenvalue weighted by molar-refractivity contribution is 0.0919. The summed E-state index contributed by atoms with van der Waals surface area (Å²) >= 11 is -1.27. The van der Waals surface area contributed by atoms with Gasteiger partial charge in [-0.15, -0.1) is 4.72 Å². The zero-order valence-corrected chi connectivity index (χ0v) is 15.3. The summed E-state index contributed by atoms with van der Waals surface area (Å²) in [6.07, 6.45) is 2.55. The summed E-state index contributed by atoms with van der Waals surface area (Å²) in [7, 11) is 0. The van der Waals surface area contributed by atoms with Gasteiger partial charge in [-0.05, 0) is 52.0 Å².